The van der Waals surface area contributed by atoms with E-state index in [2.05, 4.69) is 13.2 Å². The second-order valence-corrected chi connectivity index (χ2v) is 13.0. The molecule has 0 amide bonds. The molecule has 0 aliphatic heterocycles. The molecule has 0 fully saturated rings. The Morgan fingerprint density at radius 2 is 0.911 bits per heavy atom. The molecule has 0 spiro atoms. The summed E-state index contributed by atoms with van der Waals surface area (Å²) in [6.07, 6.45) is -5.21. The lowest BCUT2D eigenvalue weighted by molar-refractivity contribution is -0.903. The van der Waals surface area contributed by atoms with Gasteiger partial charge in [-0.25, -0.2) is 0 Å². The van der Waals surface area contributed by atoms with Crippen molar-refractivity contribution in [3.63, 3.8) is 0 Å². The third kappa shape index (κ3) is 10.4. The molecule has 0 unspecified atom stereocenters. The number of unbranched alkanes of at least 4 members (excludes halogenated alkanes) is 2. The molecule has 0 saturated carbocycles. The molecule has 0 aromatic heterocycles. The fourth-order valence-corrected chi connectivity index (χ4v) is 5.73. The molecule has 0 aliphatic carbocycles. The van der Waals surface area contributed by atoms with E-state index < -0.39 is 28.9 Å². The third-order valence-electron chi connectivity index (χ3n) is 8.17. The monoisotopic (exact) mass is 640 g/mol. The number of hydrogen-bond donors (Lipinski definition) is 0. The van der Waals surface area contributed by atoms with Gasteiger partial charge in [-0.3, -0.25) is 9.59 Å². The highest BCUT2D eigenvalue weighted by molar-refractivity contribution is 5.89. The highest BCUT2D eigenvalue weighted by atomic mass is 19.4. The van der Waals surface area contributed by atoms with Gasteiger partial charge in [0, 0.05) is 24.0 Å². The van der Waals surface area contributed by atoms with Crippen LogP contribution in [0.4, 0.5) is 26.3 Å². The first kappa shape index (κ1) is 37.9. The summed E-state index contributed by atoms with van der Waals surface area (Å²) in [4.78, 5) is 22.9. The Labute approximate surface area is 263 Å². The van der Waals surface area contributed by atoms with Crippen molar-refractivity contribution >= 4 is 11.6 Å². The summed E-state index contributed by atoms with van der Waals surface area (Å²) in [5, 5.41) is 0. The van der Waals surface area contributed by atoms with Gasteiger partial charge in [0.2, 0.25) is 5.41 Å². The van der Waals surface area contributed by atoms with Gasteiger partial charge in [0.1, 0.15) is 13.1 Å². The van der Waals surface area contributed by atoms with Crippen LogP contribution in [0.5, 0.6) is 0 Å². The number of hydrogen-bond acceptors (Lipinski definition) is 2. The number of benzene rings is 2. The molecule has 2 aromatic rings. The lowest BCUT2D eigenvalue weighted by Gasteiger charge is -2.38. The fraction of sp³-hybridized carbons (Fsp3) is 0.486. The first-order valence-corrected chi connectivity index (χ1v) is 15.0. The lowest BCUT2D eigenvalue weighted by atomic mass is 9.72. The van der Waals surface area contributed by atoms with Crippen LogP contribution in [0.3, 0.4) is 0 Å². The van der Waals surface area contributed by atoms with Gasteiger partial charge in [-0.05, 0) is 49.0 Å². The minimum absolute atomic E-state index is 0.0449. The number of halogens is 6. The average molecular weight is 641 g/mol. The molecule has 2 rings (SSSR count). The summed E-state index contributed by atoms with van der Waals surface area (Å²) < 4.78 is 89.2. The molecule has 0 heterocycles. The molecule has 0 atom stereocenters. The highest BCUT2D eigenvalue weighted by Gasteiger charge is 2.72. The molecule has 0 aliphatic rings. The van der Waals surface area contributed by atoms with Crippen LogP contribution in [0, 0.1) is 0 Å². The number of quaternary nitrogens is 2. The summed E-state index contributed by atoms with van der Waals surface area (Å²) in [6.45, 7) is 9.04. The minimum atomic E-state index is -5.66. The predicted octanol–water partition coefficient (Wildman–Crippen LogP) is 8.10. The predicted molar refractivity (Wildman–Crippen MR) is 165 cm³/mol. The van der Waals surface area contributed by atoms with Crippen molar-refractivity contribution in [3.8, 4) is 0 Å². The van der Waals surface area contributed by atoms with Crippen LogP contribution in [0.2, 0.25) is 0 Å². The van der Waals surface area contributed by atoms with Crippen LogP contribution in [-0.2, 0) is 28.1 Å². The summed E-state index contributed by atoms with van der Waals surface area (Å²) in [5.41, 5.74) is -4.78. The van der Waals surface area contributed by atoms with E-state index in [9.17, 15) is 35.9 Å². The molecule has 45 heavy (non-hydrogen) atoms. The molecule has 0 radical (unpaired) electrons. The van der Waals surface area contributed by atoms with E-state index in [1.54, 1.807) is 0 Å². The number of allylic oxidation sites excluding steroid dienone is 2. The molecule has 4 nitrogen and oxygen atoms in total. The second-order valence-electron chi connectivity index (χ2n) is 13.0. The molecule has 0 bridgehead atoms. The quantitative estimate of drug-likeness (QED) is 0.0715. The number of nitrogens with zero attached hydrogens (tertiary/aromatic N) is 2. The van der Waals surface area contributed by atoms with Crippen molar-refractivity contribution in [1.82, 2.24) is 0 Å². The highest BCUT2D eigenvalue weighted by Crippen LogP contribution is 2.56. The van der Waals surface area contributed by atoms with E-state index in [0.29, 0.717) is 72.0 Å². The molecule has 10 heteroatoms. The van der Waals surface area contributed by atoms with E-state index in [0.717, 1.165) is 37.1 Å². The first-order valence-electron chi connectivity index (χ1n) is 15.0. The van der Waals surface area contributed by atoms with Gasteiger partial charge in [0.05, 0.1) is 41.3 Å². The van der Waals surface area contributed by atoms with Crippen LogP contribution >= 0.6 is 0 Å². The topological polar surface area (TPSA) is 34.1 Å². The minimum Gasteiger partial charge on any atom is -0.325 e. The van der Waals surface area contributed by atoms with Crippen LogP contribution < -0.4 is 0 Å². The van der Waals surface area contributed by atoms with E-state index in [1.807, 2.05) is 28.2 Å². The molecule has 2 aromatic carbocycles. The maximum absolute atomic E-state index is 14.7. The van der Waals surface area contributed by atoms with E-state index >= 15 is 0 Å². The summed E-state index contributed by atoms with van der Waals surface area (Å²) in [7, 11) is 7.68. The van der Waals surface area contributed by atoms with Crippen molar-refractivity contribution in [2.24, 2.45) is 0 Å². The Kier molecular flexibility index (Phi) is 13.0. The van der Waals surface area contributed by atoms with Crippen molar-refractivity contribution in [1.29, 1.82) is 0 Å². The lowest BCUT2D eigenvalue weighted by Crippen LogP contribution is -2.54. The van der Waals surface area contributed by atoms with Crippen molar-refractivity contribution in [3.05, 3.63) is 96.1 Å². The number of alkyl halides is 6. The van der Waals surface area contributed by atoms with Gasteiger partial charge in [0.25, 0.3) is 0 Å². The van der Waals surface area contributed by atoms with Crippen molar-refractivity contribution in [2.75, 3.05) is 41.3 Å². The number of carbonyl (C=O) groups excluding carboxylic acids is 2. The van der Waals surface area contributed by atoms with Gasteiger partial charge < -0.3 is 8.97 Å². The molecular formula is C35H46F6N2O2+2. The smallest absolute Gasteiger partial charge is 0.325 e. The molecule has 0 N–H and O–H groups in total. The van der Waals surface area contributed by atoms with Gasteiger partial charge in [-0.2, -0.15) is 26.3 Å². The maximum atomic E-state index is 14.7. The number of ketones is 2. The van der Waals surface area contributed by atoms with Gasteiger partial charge in [0.15, 0.2) is 11.6 Å². The molecule has 0 saturated heterocycles. The normalized spacial score (nSPS) is 13.0. The zero-order chi connectivity index (χ0) is 34.1. The van der Waals surface area contributed by atoms with Crippen LogP contribution in [0.1, 0.15) is 60.8 Å². The van der Waals surface area contributed by atoms with Crippen molar-refractivity contribution in [2.45, 2.75) is 69.4 Å². The Balaban J connectivity index is 2.31. The first-order chi connectivity index (χ1) is 20.8. The summed E-state index contributed by atoms with van der Waals surface area (Å²) in [5.74, 6) is -0.0898. The number of rotatable bonds is 18. The fourth-order valence-electron chi connectivity index (χ4n) is 5.73. The van der Waals surface area contributed by atoms with E-state index in [-0.39, 0.29) is 11.6 Å². The summed E-state index contributed by atoms with van der Waals surface area (Å²) >= 11 is 0. The van der Waals surface area contributed by atoms with Crippen LogP contribution in [0.15, 0.2) is 73.8 Å². The third-order valence-corrected chi connectivity index (χ3v) is 8.17. The average Bonchev–Trinajstić information content (AvgIpc) is 2.93. The maximum Gasteiger partial charge on any atom is 0.411 e. The second kappa shape index (κ2) is 15.4. The zero-order valence-corrected chi connectivity index (χ0v) is 26.7. The Hall–Kier alpha value is -3.24. The van der Waals surface area contributed by atoms with Gasteiger partial charge in [-0.1, -0.05) is 61.7 Å². The Morgan fingerprint density at radius 1 is 0.600 bits per heavy atom. The summed E-state index contributed by atoms with van der Waals surface area (Å²) in [6, 6.07) is 9.07. The van der Waals surface area contributed by atoms with E-state index in [1.165, 1.54) is 36.4 Å². The van der Waals surface area contributed by atoms with Gasteiger partial charge in [-0.15, -0.1) is 0 Å². The zero-order valence-electron chi connectivity index (χ0n) is 26.7. The standard InChI is InChI=1S/C35H46F6N2O2/c1-7-31(44)13-9-11-23-42(3,4)25-27-15-19-29(20-16-27)33(34(36,37)38,35(39,40)41)30-21-17-28(18-22-30)26-43(5,6)24-12-10-14-32(45)8-2/h7-8,15-22H,1-2,9-14,23-26H2,3-6H3/q+2. The van der Waals surface area contributed by atoms with Gasteiger partial charge >= 0.3 is 12.4 Å². The van der Waals surface area contributed by atoms with Crippen LogP contribution in [-0.4, -0.2) is 74.2 Å². The Morgan fingerprint density at radius 3 is 1.18 bits per heavy atom. The molecule has 248 valence electrons. The molecular weight excluding hydrogens is 594 g/mol. The SMILES string of the molecule is C=CC(=O)CCCC[N+](C)(C)Cc1ccc(C(c2ccc(C[N+](C)(C)CCCCC(=O)C=C)cc2)(C(F)(F)F)C(F)(F)F)cc1. The van der Waals surface area contributed by atoms with Crippen molar-refractivity contribution < 1.29 is 44.9 Å². The van der Waals surface area contributed by atoms with Crippen LogP contribution in [0.25, 0.3) is 0 Å². The Bertz CT molecular complexity index is 1190. The number of carbonyl (C=O) groups is 2. The van der Waals surface area contributed by atoms with E-state index in [4.69, 9.17) is 0 Å². The largest absolute Gasteiger partial charge is 0.411 e.